The molecule has 0 unspecified atom stereocenters. The molecule has 0 N–H and O–H groups in total. The van der Waals surface area contributed by atoms with E-state index in [0.29, 0.717) is 13.2 Å². The van der Waals surface area contributed by atoms with Crippen molar-refractivity contribution in [2.45, 2.75) is 65.1 Å². The van der Waals surface area contributed by atoms with Crippen LogP contribution in [0, 0.1) is 0 Å². The topological polar surface area (TPSA) is 38.8 Å². The van der Waals surface area contributed by atoms with E-state index in [1.807, 2.05) is 27.7 Å². The number of amides is 1. The zero-order valence-electron chi connectivity index (χ0n) is 11.7. The van der Waals surface area contributed by atoms with E-state index in [0.717, 1.165) is 19.3 Å². The summed E-state index contributed by atoms with van der Waals surface area (Å²) in [4.78, 5) is 13.8. The predicted octanol–water partition coefficient (Wildman–Crippen LogP) is 3.16. The molecule has 0 saturated carbocycles. The zero-order chi connectivity index (χ0) is 13.1. The second kappa shape index (κ2) is 5.25. The first-order valence-corrected chi connectivity index (χ1v) is 6.42. The van der Waals surface area contributed by atoms with Crippen molar-refractivity contribution in [2.75, 3.05) is 13.2 Å². The molecule has 1 amide bonds. The summed E-state index contributed by atoms with van der Waals surface area (Å²) in [6, 6.07) is 0. The number of ether oxygens (including phenoxy) is 2. The summed E-state index contributed by atoms with van der Waals surface area (Å²) in [5.74, 6) is 0. The first-order chi connectivity index (χ1) is 7.81. The normalized spacial score (nSPS) is 21.6. The molecule has 1 heterocycles. The third kappa shape index (κ3) is 3.35. The quantitative estimate of drug-likeness (QED) is 0.712. The molecule has 0 bridgehead atoms. The van der Waals surface area contributed by atoms with E-state index in [-0.39, 0.29) is 11.6 Å². The molecule has 1 aliphatic heterocycles. The monoisotopic (exact) mass is 243 g/mol. The van der Waals surface area contributed by atoms with Crippen molar-refractivity contribution in [3.05, 3.63) is 0 Å². The van der Waals surface area contributed by atoms with E-state index in [9.17, 15) is 4.79 Å². The summed E-state index contributed by atoms with van der Waals surface area (Å²) < 4.78 is 10.9. The number of carbonyl (C=O) groups excluding carboxylic acids is 1. The van der Waals surface area contributed by atoms with E-state index in [1.54, 1.807) is 4.90 Å². The highest BCUT2D eigenvalue weighted by molar-refractivity contribution is 5.69. The van der Waals surface area contributed by atoms with E-state index >= 15 is 0 Å². The van der Waals surface area contributed by atoms with Crippen molar-refractivity contribution in [3.8, 4) is 0 Å². The molecule has 4 heteroatoms. The Balaban J connectivity index is 2.54. The van der Waals surface area contributed by atoms with Gasteiger partial charge in [-0.15, -0.1) is 0 Å². The smallest absolute Gasteiger partial charge is 0.412 e. The number of hydrogen-bond acceptors (Lipinski definition) is 3. The average Bonchev–Trinajstić information content (AvgIpc) is 2.43. The Morgan fingerprint density at radius 1 is 1.29 bits per heavy atom. The van der Waals surface area contributed by atoms with Gasteiger partial charge in [0.2, 0.25) is 0 Å². The van der Waals surface area contributed by atoms with Gasteiger partial charge in [-0.05, 0) is 34.1 Å². The highest BCUT2D eigenvalue weighted by Gasteiger charge is 2.49. The number of nitrogens with zero attached hydrogens (tertiary/aromatic N) is 1. The molecule has 17 heavy (non-hydrogen) atoms. The van der Waals surface area contributed by atoms with Crippen LogP contribution in [-0.2, 0) is 9.47 Å². The molecule has 1 aliphatic rings. The Hall–Kier alpha value is -0.770. The number of unbranched alkanes of at least 4 members (excludes halogenated alkanes) is 2. The van der Waals surface area contributed by atoms with Gasteiger partial charge in [0.05, 0.1) is 18.8 Å². The third-order valence-electron chi connectivity index (χ3n) is 3.08. The maximum absolute atomic E-state index is 12.1. The highest BCUT2D eigenvalue weighted by Crippen LogP contribution is 2.34. The fourth-order valence-corrected chi connectivity index (χ4v) is 2.25. The van der Waals surface area contributed by atoms with E-state index in [2.05, 4.69) is 6.92 Å². The second-order valence-corrected chi connectivity index (χ2v) is 5.70. The van der Waals surface area contributed by atoms with Gasteiger partial charge in [-0.1, -0.05) is 19.8 Å². The standard InChI is InChI=1S/C13H25NO3/c1-6-7-8-9-16-11(15)14-12(2,3)10-17-13(14,4)5/h6-10H2,1-5H3. The molecule has 0 aliphatic carbocycles. The Labute approximate surface area is 104 Å². The summed E-state index contributed by atoms with van der Waals surface area (Å²) >= 11 is 0. The van der Waals surface area contributed by atoms with Crippen LogP contribution >= 0.6 is 0 Å². The molecule has 1 fully saturated rings. The van der Waals surface area contributed by atoms with Gasteiger partial charge in [-0.3, -0.25) is 4.90 Å². The van der Waals surface area contributed by atoms with E-state index in [1.165, 1.54) is 0 Å². The van der Waals surface area contributed by atoms with Crippen LogP contribution in [0.2, 0.25) is 0 Å². The molecular weight excluding hydrogens is 218 g/mol. The Morgan fingerprint density at radius 3 is 2.41 bits per heavy atom. The molecule has 100 valence electrons. The van der Waals surface area contributed by atoms with Gasteiger partial charge in [0, 0.05) is 0 Å². The lowest BCUT2D eigenvalue weighted by Gasteiger charge is -2.36. The molecular formula is C13H25NO3. The molecule has 0 aromatic rings. The van der Waals surface area contributed by atoms with Gasteiger partial charge in [-0.25, -0.2) is 4.79 Å². The van der Waals surface area contributed by atoms with Crippen LogP contribution < -0.4 is 0 Å². The maximum atomic E-state index is 12.1. The minimum Gasteiger partial charge on any atom is -0.449 e. The fourth-order valence-electron chi connectivity index (χ4n) is 2.25. The predicted molar refractivity (Wildman–Crippen MR) is 66.8 cm³/mol. The summed E-state index contributed by atoms with van der Waals surface area (Å²) in [5.41, 5.74) is -0.878. The van der Waals surface area contributed by atoms with Crippen LogP contribution in [0.1, 0.15) is 53.9 Å². The first-order valence-electron chi connectivity index (χ1n) is 6.42. The Bertz CT molecular complexity index is 258. The summed E-state index contributed by atoms with van der Waals surface area (Å²) in [6.45, 7) is 11.0. The highest BCUT2D eigenvalue weighted by atomic mass is 16.6. The van der Waals surface area contributed by atoms with Crippen LogP contribution in [0.3, 0.4) is 0 Å². The van der Waals surface area contributed by atoms with Gasteiger partial charge in [0.1, 0.15) is 5.72 Å². The summed E-state index contributed by atoms with van der Waals surface area (Å²) in [7, 11) is 0. The average molecular weight is 243 g/mol. The van der Waals surface area contributed by atoms with Crippen molar-refractivity contribution in [3.63, 3.8) is 0 Å². The second-order valence-electron chi connectivity index (χ2n) is 5.70. The van der Waals surface area contributed by atoms with Crippen molar-refractivity contribution < 1.29 is 14.3 Å². The minimum absolute atomic E-state index is 0.270. The number of hydrogen-bond donors (Lipinski definition) is 0. The first kappa shape index (κ1) is 14.3. The van der Waals surface area contributed by atoms with Crippen molar-refractivity contribution in [1.29, 1.82) is 0 Å². The Kier molecular flexibility index (Phi) is 4.42. The molecule has 0 radical (unpaired) electrons. The zero-order valence-corrected chi connectivity index (χ0v) is 11.7. The van der Waals surface area contributed by atoms with E-state index in [4.69, 9.17) is 9.47 Å². The molecule has 4 nitrogen and oxygen atoms in total. The SMILES string of the molecule is CCCCCOC(=O)N1C(C)(C)COC1(C)C. The van der Waals surface area contributed by atoms with Crippen LogP contribution in [0.15, 0.2) is 0 Å². The Morgan fingerprint density at radius 2 is 1.94 bits per heavy atom. The third-order valence-corrected chi connectivity index (χ3v) is 3.08. The van der Waals surface area contributed by atoms with Crippen LogP contribution in [0.5, 0.6) is 0 Å². The number of rotatable bonds is 4. The van der Waals surface area contributed by atoms with E-state index < -0.39 is 5.72 Å². The van der Waals surface area contributed by atoms with Crippen molar-refractivity contribution in [1.82, 2.24) is 4.90 Å². The van der Waals surface area contributed by atoms with Crippen LogP contribution in [-0.4, -0.2) is 35.5 Å². The summed E-state index contributed by atoms with van der Waals surface area (Å²) in [6.07, 6.45) is 2.88. The maximum Gasteiger partial charge on any atom is 0.412 e. The molecule has 0 aromatic heterocycles. The molecule has 0 atom stereocenters. The minimum atomic E-state index is -0.578. The molecule has 1 saturated heterocycles. The van der Waals surface area contributed by atoms with Gasteiger partial charge in [-0.2, -0.15) is 0 Å². The molecule has 1 rings (SSSR count). The van der Waals surface area contributed by atoms with Gasteiger partial charge >= 0.3 is 6.09 Å². The summed E-state index contributed by atoms with van der Waals surface area (Å²) in [5, 5.41) is 0. The lowest BCUT2D eigenvalue weighted by atomic mass is 10.0. The van der Waals surface area contributed by atoms with Gasteiger partial charge in [0.25, 0.3) is 0 Å². The number of carbonyl (C=O) groups is 1. The van der Waals surface area contributed by atoms with Crippen LogP contribution in [0.4, 0.5) is 4.79 Å². The fraction of sp³-hybridized carbons (Fsp3) is 0.923. The van der Waals surface area contributed by atoms with Crippen molar-refractivity contribution in [2.24, 2.45) is 0 Å². The van der Waals surface area contributed by atoms with Gasteiger partial charge < -0.3 is 9.47 Å². The van der Waals surface area contributed by atoms with Gasteiger partial charge in [0.15, 0.2) is 0 Å². The van der Waals surface area contributed by atoms with Crippen molar-refractivity contribution >= 4 is 6.09 Å². The largest absolute Gasteiger partial charge is 0.449 e. The molecule has 0 spiro atoms. The molecule has 0 aromatic carbocycles. The lowest BCUT2D eigenvalue weighted by Crippen LogP contribution is -2.52. The van der Waals surface area contributed by atoms with Crippen LogP contribution in [0.25, 0.3) is 0 Å². The lowest BCUT2D eigenvalue weighted by molar-refractivity contribution is -0.0518.